The van der Waals surface area contributed by atoms with Gasteiger partial charge in [-0.3, -0.25) is 38.4 Å². The third kappa shape index (κ3) is 22.9. The van der Waals surface area contributed by atoms with E-state index in [0.29, 0.717) is 50.9 Å². The summed E-state index contributed by atoms with van der Waals surface area (Å²) in [5.41, 5.74) is -5.09. The van der Waals surface area contributed by atoms with Gasteiger partial charge in [-0.25, -0.2) is 4.39 Å². The summed E-state index contributed by atoms with van der Waals surface area (Å²) in [5, 5.41) is 28.1. The molecule has 2 saturated heterocycles. The average Bonchev–Trinajstić information content (AvgIpc) is 1.06. The van der Waals surface area contributed by atoms with Gasteiger partial charge in [0.1, 0.15) is 47.4 Å². The molecule has 11 aliphatic carbocycles. The molecule has 3 N–H and O–H groups in total. The van der Waals surface area contributed by atoms with Crippen LogP contribution >= 0.6 is 0 Å². The van der Waals surface area contributed by atoms with E-state index in [4.69, 9.17) is 42.6 Å². The minimum atomic E-state index is -4.98. The zero-order chi connectivity index (χ0) is 88.8. The zero-order valence-electron chi connectivity index (χ0n) is 76.3. The third-order valence-electron chi connectivity index (χ3n) is 30.8. The SMILES string of the molecule is CCC(C)(C)C(=O)OC(C)(C)C12CC3CC(CC(C3)C1)C2.CCC(C)(C)C(=O)OC1C2CC3C(=O)OC1C3C2.CCC(C)(CO)C(=O)OC(OC1CCCCC1F)C(C)(C)C.CCC(C)(COC(C)(O)C(F)(F)F)C(=O)OC1C2CC3C(=O)OC1C3C2.CCC1(OC(=O)C(C)(C)CC)CCCC1.CCC1(OC(=O)C(C)(CC)CO)CCCC1. The van der Waals surface area contributed by atoms with Crippen LogP contribution in [0.5, 0.6) is 0 Å². The molecule has 17 unspecified atom stereocenters. The first-order valence-electron chi connectivity index (χ1n) is 45.3. The number of aliphatic hydroxyl groups excluding tert-OH is 2. The van der Waals surface area contributed by atoms with E-state index in [2.05, 4.69) is 39.4 Å². The fraction of sp³-hybridized carbons (Fsp3) is 0.914. The predicted octanol–water partition coefficient (Wildman–Crippen LogP) is 19.0. The van der Waals surface area contributed by atoms with E-state index in [0.717, 1.165) is 120 Å². The van der Waals surface area contributed by atoms with Crippen molar-refractivity contribution in [2.75, 3.05) is 19.8 Å². The minimum Gasteiger partial charge on any atom is -0.459 e. The van der Waals surface area contributed by atoms with Gasteiger partial charge in [-0.2, -0.15) is 13.2 Å². The lowest BCUT2D eigenvalue weighted by atomic mass is 9.46. The molecular formula is C93H154F4O21. The summed E-state index contributed by atoms with van der Waals surface area (Å²) in [6.45, 7) is 41.7. The van der Waals surface area contributed by atoms with Crippen molar-refractivity contribution in [1.82, 2.24) is 0 Å². The summed E-state index contributed by atoms with van der Waals surface area (Å²) in [6, 6.07) is 0. The molecule has 0 amide bonds. The van der Waals surface area contributed by atoms with Crippen molar-refractivity contribution in [3.05, 3.63) is 0 Å². The van der Waals surface area contributed by atoms with Crippen LogP contribution in [0.4, 0.5) is 17.6 Å². The number of rotatable bonds is 28. The summed E-state index contributed by atoms with van der Waals surface area (Å²) < 4.78 is 108. The van der Waals surface area contributed by atoms with E-state index < -0.39 is 88.4 Å². The van der Waals surface area contributed by atoms with Gasteiger partial charge < -0.3 is 62.7 Å². The number of halogens is 4. The number of fused-ring (bicyclic) bond motifs is 2. The average molecular weight is 1680 g/mol. The molecule has 13 rings (SSSR count). The van der Waals surface area contributed by atoms with Crippen LogP contribution in [0.3, 0.4) is 0 Å². The van der Waals surface area contributed by atoms with Gasteiger partial charge in [0.05, 0.1) is 70.3 Å². The van der Waals surface area contributed by atoms with Gasteiger partial charge in [-0.15, -0.1) is 0 Å². The molecule has 17 atom stereocenters. The Morgan fingerprint density at radius 3 is 1.25 bits per heavy atom. The molecule has 2 heterocycles. The molecule has 13 fully saturated rings. The maximum atomic E-state index is 14.0. The summed E-state index contributed by atoms with van der Waals surface area (Å²) in [4.78, 5) is 97.1. The Hall–Kier alpha value is -4.72. The highest BCUT2D eigenvalue weighted by molar-refractivity contribution is 5.81. The Morgan fingerprint density at radius 1 is 0.483 bits per heavy atom. The van der Waals surface area contributed by atoms with Gasteiger partial charge in [0.15, 0.2) is 0 Å². The number of carbonyl (C=O) groups is 8. The smallest absolute Gasteiger partial charge is 0.442 e. The van der Waals surface area contributed by atoms with Crippen molar-refractivity contribution >= 4 is 47.8 Å². The van der Waals surface area contributed by atoms with Crippen LogP contribution in [0.1, 0.15) is 352 Å². The fourth-order valence-electron chi connectivity index (χ4n) is 19.5. The predicted molar refractivity (Wildman–Crippen MR) is 437 cm³/mol. The largest absolute Gasteiger partial charge is 0.459 e. The van der Waals surface area contributed by atoms with E-state index in [1.54, 1.807) is 20.8 Å². The lowest BCUT2D eigenvalue weighted by molar-refractivity contribution is -0.361. The number of alkyl halides is 4. The molecule has 8 bridgehead atoms. The number of carbonyl (C=O) groups excluding carboxylic acids is 8. The monoisotopic (exact) mass is 1680 g/mol. The van der Waals surface area contributed by atoms with Crippen molar-refractivity contribution in [2.24, 2.45) is 96.6 Å². The summed E-state index contributed by atoms with van der Waals surface area (Å²) in [7, 11) is 0. The van der Waals surface area contributed by atoms with Crippen LogP contribution in [-0.4, -0.2) is 155 Å². The number of hydrogen-bond acceptors (Lipinski definition) is 21. The van der Waals surface area contributed by atoms with Crippen LogP contribution in [0.25, 0.3) is 0 Å². The van der Waals surface area contributed by atoms with E-state index >= 15 is 0 Å². The minimum absolute atomic E-state index is 0.00857. The lowest BCUT2D eigenvalue weighted by Gasteiger charge is -2.61. The highest BCUT2D eigenvalue weighted by atomic mass is 19.4. The Kier molecular flexibility index (Phi) is 33.4. The molecule has 0 aromatic heterocycles. The molecule has 118 heavy (non-hydrogen) atoms. The number of aliphatic hydroxyl groups is 3. The van der Waals surface area contributed by atoms with Crippen LogP contribution < -0.4 is 0 Å². The Morgan fingerprint density at radius 2 is 0.873 bits per heavy atom. The quantitative estimate of drug-likeness (QED) is 0.0284. The second-order valence-electron chi connectivity index (χ2n) is 42.0. The second-order valence-corrected chi connectivity index (χ2v) is 42.0. The van der Waals surface area contributed by atoms with Gasteiger partial charge in [-0.05, 0) is 281 Å². The molecule has 25 heteroatoms. The maximum absolute atomic E-state index is 14.0. The van der Waals surface area contributed by atoms with Crippen molar-refractivity contribution in [1.29, 1.82) is 0 Å². The molecule has 0 aromatic rings. The third-order valence-corrected chi connectivity index (χ3v) is 30.8. The molecule has 0 spiro atoms. The normalized spacial score (nSPS) is 32.0. The highest BCUT2D eigenvalue weighted by Gasteiger charge is 2.66. The first-order chi connectivity index (χ1) is 54.6. The van der Waals surface area contributed by atoms with Crippen molar-refractivity contribution in [3.63, 3.8) is 0 Å². The molecule has 21 nitrogen and oxygen atoms in total. The molecule has 2 aliphatic heterocycles. The Labute approximate surface area is 703 Å². The van der Waals surface area contributed by atoms with Gasteiger partial charge in [0, 0.05) is 34.5 Å². The van der Waals surface area contributed by atoms with Crippen LogP contribution in [0.2, 0.25) is 0 Å². The standard InChI is InChI=1S/C19H32O2.C17H23F3O6.C17H31FO4.C14H20O4.C13H24O3.C13H24O2/c1-6-17(2,3)16(20)21-18(4,5)19-10-13-7-14(11-19)9-15(8-13)12-19;1-4-15(2,7-24-16(3,23)17(18,19)20)14(22)26-11-8-5-9-10(6-8)13(21)25-12(9)11;1-6-17(5,11-19)14(20)22-15(16(2,3)4)21-13-10-8-7-9-12(13)18;1-4-14(2,3)13(16)18-10-7-5-8-9(6-7)12(15)17-11(8)10;1-4-12(3,10-14)11(15)16-13(5-2)8-6-7-9-13;1-5-12(3,4)11(14)15-13(6-2)9-7-8-10-13/h13-15H,6-12H2,1-5H3;8-12,23H,4-7H2,1-3H3;12-13,15,19H,6-11H2,1-5H3;7-11H,4-6H2,1-3H3;14H,4-10H2,1-3H3;5-10H2,1-4H3. The molecule has 680 valence electrons. The van der Waals surface area contributed by atoms with E-state index in [1.807, 2.05) is 90.0 Å². The first kappa shape index (κ1) is 100. The second kappa shape index (κ2) is 39.2. The maximum Gasteiger partial charge on any atom is 0.442 e. The molecular weight excluding hydrogens is 1530 g/mol. The van der Waals surface area contributed by atoms with E-state index in [-0.39, 0.29) is 124 Å². The van der Waals surface area contributed by atoms with Crippen molar-refractivity contribution in [2.45, 2.75) is 424 Å². The van der Waals surface area contributed by atoms with E-state index in [1.165, 1.54) is 58.3 Å². The van der Waals surface area contributed by atoms with Crippen molar-refractivity contribution in [3.8, 4) is 0 Å². The fourth-order valence-corrected chi connectivity index (χ4v) is 19.5. The topological polar surface area (TPSA) is 290 Å². The molecule has 0 radical (unpaired) electrons. The van der Waals surface area contributed by atoms with Gasteiger partial charge >= 0.3 is 53.9 Å². The zero-order valence-corrected chi connectivity index (χ0v) is 76.3. The Bertz CT molecular complexity index is 3330. The molecule has 13 aliphatic rings. The van der Waals surface area contributed by atoms with Crippen LogP contribution in [0, 0.1) is 96.6 Å². The van der Waals surface area contributed by atoms with E-state index in [9.17, 15) is 71.2 Å². The summed E-state index contributed by atoms with van der Waals surface area (Å²) in [5.74, 6) is -1.98. The Balaban J connectivity index is 0.000000197. The first-order valence-corrected chi connectivity index (χ1v) is 45.3. The number of esters is 8. The van der Waals surface area contributed by atoms with Crippen LogP contribution in [0.15, 0.2) is 0 Å². The molecule has 11 saturated carbocycles. The van der Waals surface area contributed by atoms with Crippen LogP contribution in [-0.2, 0) is 85.7 Å². The van der Waals surface area contributed by atoms with Gasteiger partial charge in [-0.1, -0.05) is 89.0 Å². The summed E-state index contributed by atoms with van der Waals surface area (Å²) >= 11 is 0. The van der Waals surface area contributed by atoms with Crippen molar-refractivity contribution < 1.29 is 119 Å². The lowest BCUT2D eigenvalue weighted by Crippen LogP contribution is -2.58. The number of ether oxygens (including phenoxy) is 10. The molecule has 0 aromatic carbocycles. The van der Waals surface area contributed by atoms with Gasteiger partial charge in [0.2, 0.25) is 6.29 Å². The van der Waals surface area contributed by atoms with Gasteiger partial charge in [0.25, 0.3) is 5.79 Å². The summed E-state index contributed by atoms with van der Waals surface area (Å²) in [6.07, 6.45) is 19.8. The highest BCUT2D eigenvalue weighted by Crippen LogP contribution is 2.65. The number of hydrogen-bond donors (Lipinski definition) is 3.